The number of aromatic nitrogens is 3. The summed E-state index contributed by atoms with van der Waals surface area (Å²) in [7, 11) is 0.838. The van der Waals surface area contributed by atoms with Crippen LogP contribution in [0.3, 0.4) is 0 Å². The van der Waals surface area contributed by atoms with Crippen molar-refractivity contribution in [1.82, 2.24) is 19.4 Å². The fourth-order valence-corrected chi connectivity index (χ4v) is 4.23. The molecule has 2 N–H and O–H groups in total. The van der Waals surface area contributed by atoms with E-state index in [0.29, 0.717) is 34.4 Å². The lowest BCUT2D eigenvalue weighted by atomic mass is 10.0. The van der Waals surface area contributed by atoms with Gasteiger partial charge in [0.2, 0.25) is 5.91 Å². The van der Waals surface area contributed by atoms with Gasteiger partial charge in [-0.05, 0) is 55.6 Å². The van der Waals surface area contributed by atoms with Crippen LogP contribution in [0.5, 0.6) is 0 Å². The number of pyridine rings is 2. The Morgan fingerprint density at radius 3 is 2.64 bits per heavy atom. The van der Waals surface area contributed by atoms with Crippen LogP contribution in [0.1, 0.15) is 5.69 Å². The highest BCUT2D eigenvalue weighted by Crippen LogP contribution is 2.38. The fourth-order valence-electron chi connectivity index (χ4n) is 3.95. The number of phosphoric ester groups is 1. The highest BCUT2D eigenvalue weighted by atomic mass is 31.2. The zero-order valence-electron chi connectivity index (χ0n) is 21.6. The maximum Gasteiger partial charge on any atom is 0.471 e. The second-order valence-corrected chi connectivity index (χ2v) is 10.2. The van der Waals surface area contributed by atoms with E-state index in [0.717, 1.165) is 11.1 Å². The van der Waals surface area contributed by atoms with Crippen molar-refractivity contribution >= 4 is 30.5 Å². The van der Waals surface area contributed by atoms with Crippen LogP contribution in [-0.4, -0.2) is 62.8 Å². The Kier molecular flexibility index (Phi) is 8.35. The summed E-state index contributed by atoms with van der Waals surface area (Å²) in [6, 6.07) is 14.8. The average molecular weight is 547 g/mol. The number of nitriles is 1. The van der Waals surface area contributed by atoms with Gasteiger partial charge in [0.25, 0.3) is 0 Å². The molecule has 3 aromatic heterocycles. The van der Waals surface area contributed by atoms with Crippen molar-refractivity contribution in [1.29, 1.82) is 5.26 Å². The Hall–Kier alpha value is -4.17. The Balaban J connectivity index is 1.75. The van der Waals surface area contributed by atoms with Crippen LogP contribution in [0.25, 0.3) is 33.3 Å². The molecule has 3 heterocycles. The summed E-state index contributed by atoms with van der Waals surface area (Å²) in [4.78, 5) is 43.1. The predicted octanol–water partition coefficient (Wildman–Crippen LogP) is 3.78. The summed E-state index contributed by atoms with van der Waals surface area (Å²) in [5, 5.41) is 9.98. The summed E-state index contributed by atoms with van der Waals surface area (Å²) < 4.78 is 17.5. The molecule has 4 aromatic rings. The molecule has 1 aromatic carbocycles. The number of amides is 1. The number of nitrogens with zero attached hydrogens (tertiary/aromatic N) is 6. The van der Waals surface area contributed by atoms with Gasteiger partial charge in [-0.1, -0.05) is 18.2 Å². The van der Waals surface area contributed by atoms with Crippen molar-refractivity contribution in [3.63, 3.8) is 0 Å². The molecular formula is C27H27N6O5P. The molecule has 200 valence electrons. The highest BCUT2D eigenvalue weighted by molar-refractivity contribution is 7.46. The van der Waals surface area contributed by atoms with Crippen molar-refractivity contribution in [3.8, 4) is 28.3 Å². The lowest BCUT2D eigenvalue weighted by molar-refractivity contribution is -0.113. The van der Waals surface area contributed by atoms with Crippen LogP contribution >= 0.6 is 7.82 Å². The van der Waals surface area contributed by atoms with Gasteiger partial charge in [-0.15, -0.1) is 0 Å². The minimum absolute atomic E-state index is 0.155. The molecule has 0 unspecified atom stereocenters. The normalized spacial score (nSPS) is 11.8. The van der Waals surface area contributed by atoms with Crippen molar-refractivity contribution < 1.29 is 23.7 Å². The van der Waals surface area contributed by atoms with Crippen molar-refractivity contribution in [2.75, 3.05) is 32.6 Å². The van der Waals surface area contributed by atoms with Gasteiger partial charge >= 0.3 is 7.82 Å². The number of hydrogen-bond acceptors (Lipinski definition) is 7. The van der Waals surface area contributed by atoms with E-state index < -0.39 is 14.6 Å². The van der Waals surface area contributed by atoms with Gasteiger partial charge in [-0.25, -0.2) is 14.5 Å². The summed E-state index contributed by atoms with van der Waals surface area (Å²) >= 11 is 0. The first-order valence-electron chi connectivity index (χ1n) is 11.8. The van der Waals surface area contributed by atoms with E-state index in [4.69, 9.17) is 4.52 Å². The predicted molar refractivity (Wildman–Crippen MR) is 147 cm³/mol. The standard InChI is InChI=1S/C27H27N6O5P/c1-31(2)11-5-8-26(34)32(3)23-7-4-6-19(13-23)21-14-24-25(20-9-10-29-22(12-20)15-28)17-33(27(24)30-16-21)18-38-39(35,36)37/h4-10,12-14,16-17H,11,18H2,1-3H3,(H2,35,36,37)/b8-5+. The average Bonchev–Trinajstić information content (AvgIpc) is 3.29. The number of carbonyl (C=O) groups excluding carboxylic acids is 1. The largest absolute Gasteiger partial charge is 0.471 e. The van der Waals surface area contributed by atoms with E-state index in [1.54, 1.807) is 48.6 Å². The molecule has 0 atom stereocenters. The zero-order chi connectivity index (χ0) is 28.2. The molecule has 0 aliphatic rings. The van der Waals surface area contributed by atoms with E-state index in [9.17, 15) is 24.4 Å². The molecule has 11 nitrogen and oxygen atoms in total. The smallest absolute Gasteiger partial charge is 0.312 e. The molecule has 0 fully saturated rings. The van der Waals surface area contributed by atoms with E-state index in [1.807, 2.05) is 55.4 Å². The SMILES string of the molecule is CN(C)C/C=C/C(=O)N(C)c1cccc(-c2cnc3c(c2)c(-c2ccnc(C#N)c2)cn3COP(=O)(O)O)c1. The third-order valence-corrected chi connectivity index (χ3v) is 6.34. The molecule has 39 heavy (non-hydrogen) atoms. The molecule has 0 radical (unpaired) electrons. The van der Waals surface area contributed by atoms with Gasteiger partial charge in [0, 0.05) is 60.5 Å². The first-order valence-corrected chi connectivity index (χ1v) is 13.3. The Bertz CT molecular complexity index is 1640. The van der Waals surface area contributed by atoms with E-state index in [-0.39, 0.29) is 11.6 Å². The molecule has 0 spiro atoms. The molecule has 0 aliphatic carbocycles. The Morgan fingerprint density at radius 1 is 1.13 bits per heavy atom. The van der Waals surface area contributed by atoms with Gasteiger partial charge in [0.1, 0.15) is 24.1 Å². The van der Waals surface area contributed by atoms with Gasteiger partial charge in [-0.2, -0.15) is 5.26 Å². The molecule has 0 aliphatic heterocycles. The van der Waals surface area contributed by atoms with E-state index in [2.05, 4.69) is 9.97 Å². The van der Waals surface area contributed by atoms with Crippen LogP contribution in [-0.2, 0) is 20.6 Å². The quantitative estimate of drug-likeness (QED) is 0.237. The van der Waals surface area contributed by atoms with Crippen LogP contribution in [0.2, 0.25) is 0 Å². The minimum atomic E-state index is -4.72. The first-order chi connectivity index (χ1) is 18.6. The van der Waals surface area contributed by atoms with Crippen molar-refractivity contribution in [2.24, 2.45) is 0 Å². The van der Waals surface area contributed by atoms with E-state index >= 15 is 0 Å². The van der Waals surface area contributed by atoms with Crippen LogP contribution in [0, 0.1) is 11.3 Å². The zero-order valence-corrected chi connectivity index (χ0v) is 22.5. The van der Waals surface area contributed by atoms with Crippen LogP contribution < -0.4 is 4.90 Å². The second kappa shape index (κ2) is 11.7. The summed E-state index contributed by atoms with van der Waals surface area (Å²) in [5.41, 5.74) is 4.31. The molecule has 12 heteroatoms. The van der Waals surface area contributed by atoms with E-state index in [1.165, 1.54) is 10.8 Å². The van der Waals surface area contributed by atoms with Crippen LogP contribution in [0.15, 0.2) is 73.2 Å². The maximum absolute atomic E-state index is 12.6. The fraction of sp³-hybridized carbons (Fsp3) is 0.185. The van der Waals surface area contributed by atoms with Gasteiger partial charge < -0.3 is 24.2 Å². The number of anilines is 1. The molecule has 1 amide bonds. The van der Waals surface area contributed by atoms with Gasteiger partial charge in [0.05, 0.1) is 0 Å². The summed E-state index contributed by atoms with van der Waals surface area (Å²) in [6.45, 7) is 0.229. The number of carbonyl (C=O) groups is 1. The number of fused-ring (bicyclic) bond motifs is 1. The number of benzene rings is 1. The molecular weight excluding hydrogens is 519 g/mol. The highest BCUT2D eigenvalue weighted by Gasteiger charge is 2.18. The lowest BCUT2D eigenvalue weighted by Crippen LogP contribution is -2.24. The van der Waals surface area contributed by atoms with Crippen LogP contribution in [0.4, 0.5) is 5.69 Å². The number of hydrogen-bond donors (Lipinski definition) is 2. The topological polar surface area (TPSA) is 145 Å². The monoisotopic (exact) mass is 546 g/mol. The molecule has 4 rings (SSSR count). The summed E-state index contributed by atoms with van der Waals surface area (Å²) in [5.74, 6) is -0.155. The lowest BCUT2D eigenvalue weighted by Gasteiger charge is -2.17. The minimum Gasteiger partial charge on any atom is -0.312 e. The van der Waals surface area contributed by atoms with Crippen molar-refractivity contribution in [2.45, 2.75) is 6.73 Å². The second-order valence-electron chi connectivity index (χ2n) is 9.01. The molecule has 0 saturated carbocycles. The maximum atomic E-state index is 12.6. The third kappa shape index (κ3) is 6.83. The van der Waals surface area contributed by atoms with Gasteiger partial charge in [0.15, 0.2) is 0 Å². The van der Waals surface area contributed by atoms with Gasteiger partial charge in [-0.3, -0.25) is 9.32 Å². The number of likely N-dealkylation sites (N-methyl/N-ethyl adjacent to an activating group) is 2. The third-order valence-electron chi connectivity index (χ3n) is 5.89. The number of rotatable bonds is 9. The first kappa shape index (κ1) is 27.9. The molecule has 0 saturated heterocycles. The number of phosphoric acid groups is 1. The van der Waals surface area contributed by atoms with Crippen molar-refractivity contribution in [3.05, 3.63) is 78.9 Å². The molecule has 0 bridgehead atoms. The Morgan fingerprint density at radius 2 is 1.92 bits per heavy atom. The Labute approximate surface area is 225 Å². The summed E-state index contributed by atoms with van der Waals surface area (Å²) in [6.07, 6.45) is 8.17.